The molecule has 0 saturated heterocycles. The predicted molar refractivity (Wildman–Crippen MR) is 47.9 cm³/mol. The molecule has 0 unspecified atom stereocenters. The molecule has 2 aromatic heterocycles. The molecule has 2 heterocycles. The maximum atomic E-state index is 4.18. The lowest BCUT2D eigenvalue weighted by molar-refractivity contribution is 1.20. The van der Waals surface area contributed by atoms with E-state index < -0.39 is 0 Å². The van der Waals surface area contributed by atoms with Gasteiger partial charge in [-0.3, -0.25) is 0 Å². The van der Waals surface area contributed by atoms with Gasteiger partial charge in [0.05, 0.1) is 5.03 Å². The van der Waals surface area contributed by atoms with Crippen molar-refractivity contribution in [2.75, 3.05) is 6.26 Å². The number of aromatic nitrogens is 2. The van der Waals surface area contributed by atoms with Crippen LogP contribution in [0.25, 0.3) is 11.0 Å². The van der Waals surface area contributed by atoms with Crippen LogP contribution in [0.2, 0.25) is 0 Å². The Morgan fingerprint density at radius 2 is 2.45 bits per heavy atom. The van der Waals surface area contributed by atoms with Crippen molar-refractivity contribution in [1.82, 2.24) is 9.97 Å². The summed E-state index contributed by atoms with van der Waals surface area (Å²) in [6.07, 6.45) is 3.84. The van der Waals surface area contributed by atoms with Gasteiger partial charge >= 0.3 is 0 Å². The molecule has 1 N–H and O–H groups in total. The number of hydrogen-bond acceptors (Lipinski definition) is 2. The Hall–Kier alpha value is -0.960. The summed E-state index contributed by atoms with van der Waals surface area (Å²) in [5, 5.41) is 2.34. The van der Waals surface area contributed by atoms with Crippen molar-refractivity contribution in [1.29, 1.82) is 0 Å². The lowest BCUT2D eigenvalue weighted by Gasteiger charge is -1.84. The molecule has 2 nitrogen and oxygen atoms in total. The third-order valence-corrected chi connectivity index (χ3v) is 2.25. The van der Waals surface area contributed by atoms with Crippen molar-refractivity contribution >= 4 is 22.8 Å². The van der Waals surface area contributed by atoms with Gasteiger partial charge in [0, 0.05) is 11.6 Å². The van der Waals surface area contributed by atoms with Crippen molar-refractivity contribution in [2.24, 2.45) is 0 Å². The zero-order valence-electron chi connectivity index (χ0n) is 6.16. The van der Waals surface area contributed by atoms with Crippen LogP contribution in [-0.2, 0) is 0 Å². The quantitative estimate of drug-likeness (QED) is 0.655. The van der Waals surface area contributed by atoms with E-state index in [9.17, 15) is 0 Å². The number of aromatic amines is 1. The second-order valence-corrected chi connectivity index (χ2v) is 3.13. The fraction of sp³-hybridized carbons (Fsp3) is 0.125. The van der Waals surface area contributed by atoms with Crippen molar-refractivity contribution < 1.29 is 0 Å². The molecule has 0 aliphatic rings. The van der Waals surface area contributed by atoms with Gasteiger partial charge in [0.15, 0.2) is 0 Å². The molecule has 0 aromatic carbocycles. The van der Waals surface area contributed by atoms with Gasteiger partial charge in [-0.25, -0.2) is 4.98 Å². The first-order chi connectivity index (χ1) is 5.40. The van der Waals surface area contributed by atoms with Crippen molar-refractivity contribution in [2.45, 2.75) is 5.03 Å². The normalized spacial score (nSPS) is 10.6. The monoisotopic (exact) mass is 164 g/mol. The Kier molecular flexibility index (Phi) is 1.58. The maximum absolute atomic E-state index is 4.18. The molecule has 0 saturated carbocycles. The average Bonchev–Trinajstić information content (AvgIpc) is 2.46. The summed E-state index contributed by atoms with van der Waals surface area (Å²) in [5.41, 5.74) is 0.969. The molecule has 0 aliphatic carbocycles. The topological polar surface area (TPSA) is 28.7 Å². The van der Waals surface area contributed by atoms with E-state index in [4.69, 9.17) is 0 Å². The van der Waals surface area contributed by atoms with Gasteiger partial charge in [-0.1, -0.05) is 0 Å². The lowest BCUT2D eigenvalue weighted by atomic mass is 10.3. The molecule has 0 amide bonds. The van der Waals surface area contributed by atoms with Crippen LogP contribution in [0.1, 0.15) is 0 Å². The van der Waals surface area contributed by atoms with E-state index >= 15 is 0 Å². The van der Waals surface area contributed by atoms with Crippen LogP contribution in [-0.4, -0.2) is 16.2 Å². The summed E-state index contributed by atoms with van der Waals surface area (Å²) < 4.78 is 0. The average molecular weight is 164 g/mol. The third kappa shape index (κ3) is 1.12. The molecule has 56 valence electrons. The second-order valence-electron chi connectivity index (χ2n) is 2.28. The standard InChI is InChI=1S/C8H8N2S/c1-11-7-5-6-3-2-4-9-8(6)10-7/h2-5H,1H3,(H,9,10). The number of fused-ring (bicyclic) bond motifs is 1. The largest absolute Gasteiger partial charge is 0.334 e. The van der Waals surface area contributed by atoms with Crippen molar-refractivity contribution in [3.8, 4) is 0 Å². The minimum Gasteiger partial charge on any atom is -0.334 e. The summed E-state index contributed by atoms with van der Waals surface area (Å²) in [6, 6.07) is 6.10. The first-order valence-corrected chi connectivity index (χ1v) is 4.60. The Balaban J connectivity index is 2.69. The first-order valence-electron chi connectivity index (χ1n) is 3.38. The number of rotatable bonds is 1. The van der Waals surface area contributed by atoms with Crippen LogP contribution in [0.5, 0.6) is 0 Å². The summed E-state index contributed by atoms with van der Waals surface area (Å²) in [7, 11) is 0. The van der Waals surface area contributed by atoms with E-state index in [1.165, 1.54) is 10.4 Å². The summed E-state index contributed by atoms with van der Waals surface area (Å²) in [5.74, 6) is 0. The van der Waals surface area contributed by atoms with Gasteiger partial charge in [-0.15, -0.1) is 11.8 Å². The van der Waals surface area contributed by atoms with E-state index in [0.717, 1.165) is 5.65 Å². The minimum atomic E-state index is 0.969. The number of nitrogens with one attached hydrogen (secondary N) is 1. The van der Waals surface area contributed by atoms with Gasteiger partial charge in [0.1, 0.15) is 5.65 Å². The Bertz CT molecular complexity index is 334. The highest BCUT2D eigenvalue weighted by Gasteiger charge is 1.97. The summed E-state index contributed by atoms with van der Waals surface area (Å²) in [4.78, 5) is 7.38. The highest BCUT2D eigenvalue weighted by Crippen LogP contribution is 2.18. The van der Waals surface area contributed by atoms with E-state index in [2.05, 4.69) is 22.1 Å². The molecule has 0 radical (unpaired) electrons. The highest BCUT2D eigenvalue weighted by atomic mass is 32.2. The SMILES string of the molecule is CSc1cc2cccnc2[nH]1. The molecule has 11 heavy (non-hydrogen) atoms. The molecule has 0 atom stereocenters. The summed E-state index contributed by atoms with van der Waals surface area (Å²) in [6.45, 7) is 0. The fourth-order valence-electron chi connectivity index (χ4n) is 1.04. The third-order valence-electron chi connectivity index (χ3n) is 1.59. The van der Waals surface area contributed by atoms with Crippen molar-refractivity contribution in [3.63, 3.8) is 0 Å². The molecule has 0 fully saturated rings. The molecule has 0 bridgehead atoms. The Morgan fingerprint density at radius 3 is 3.18 bits per heavy atom. The molecule has 0 aliphatic heterocycles. The number of pyridine rings is 1. The number of hydrogen-bond donors (Lipinski definition) is 1. The molecular formula is C8H8N2S. The minimum absolute atomic E-state index is 0.969. The van der Waals surface area contributed by atoms with Crippen molar-refractivity contribution in [3.05, 3.63) is 24.4 Å². The second kappa shape index (κ2) is 2.58. The van der Waals surface area contributed by atoms with Crippen LogP contribution >= 0.6 is 11.8 Å². The van der Waals surface area contributed by atoms with Crippen LogP contribution < -0.4 is 0 Å². The number of H-pyrrole nitrogens is 1. The van der Waals surface area contributed by atoms with E-state index in [-0.39, 0.29) is 0 Å². The van der Waals surface area contributed by atoms with E-state index in [1.54, 1.807) is 18.0 Å². The summed E-state index contributed by atoms with van der Waals surface area (Å²) >= 11 is 1.70. The zero-order valence-corrected chi connectivity index (χ0v) is 6.98. The van der Waals surface area contributed by atoms with Gasteiger partial charge < -0.3 is 4.98 Å². The highest BCUT2D eigenvalue weighted by molar-refractivity contribution is 7.98. The van der Waals surface area contributed by atoms with Crippen LogP contribution in [0.3, 0.4) is 0 Å². The smallest absolute Gasteiger partial charge is 0.138 e. The molecular weight excluding hydrogens is 156 g/mol. The van der Waals surface area contributed by atoms with E-state index in [0.29, 0.717) is 0 Å². The maximum Gasteiger partial charge on any atom is 0.138 e. The Morgan fingerprint density at radius 1 is 1.55 bits per heavy atom. The van der Waals surface area contributed by atoms with Gasteiger partial charge in [-0.2, -0.15) is 0 Å². The van der Waals surface area contributed by atoms with Crippen LogP contribution in [0.4, 0.5) is 0 Å². The lowest BCUT2D eigenvalue weighted by Crippen LogP contribution is -1.72. The number of nitrogens with zero attached hydrogens (tertiary/aromatic N) is 1. The molecule has 2 rings (SSSR count). The van der Waals surface area contributed by atoms with E-state index in [1.807, 2.05) is 12.3 Å². The van der Waals surface area contributed by atoms with Crippen LogP contribution in [0.15, 0.2) is 29.4 Å². The number of thioether (sulfide) groups is 1. The van der Waals surface area contributed by atoms with Gasteiger partial charge in [-0.05, 0) is 24.5 Å². The van der Waals surface area contributed by atoms with Crippen LogP contribution in [0, 0.1) is 0 Å². The Labute approximate surface area is 69.0 Å². The fourth-order valence-corrected chi connectivity index (χ4v) is 1.49. The molecule has 3 heteroatoms. The predicted octanol–water partition coefficient (Wildman–Crippen LogP) is 2.28. The molecule has 2 aromatic rings. The van der Waals surface area contributed by atoms with Gasteiger partial charge in [0.2, 0.25) is 0 Å². The first kappa shape index (κ1) is 6.73. The zero-order chi connectivity index (χ0) is 7.68. The van der Waals surface area contributed by atoms with Gasteiger partial charge in [0.25, 0.3) is 0 Å². The molecule has 0 spiro atoms.